The van der Waals surface area contributed by atoms with Crippen LogP contribution in [-0.2, 0) is 19.9 Å². The van der Waals surface area contributed by atoms with E-state index >= 15 is 0 Å². The van der Waals surface area contributed by atoms with Crippen LogP contribution in [0.5, 0.6) is 0 Å². The minimum absolute atomic E-state index is 0.289. The van der Waals surface area contributed by atoms with Crippen LogP contribution in [0.2, 0.25) is 0 Å². The maximum atomic E-state index is 11.7. The van der Waals surface area contributed by atoms with Crippen molar-refractivity contribution in [3.05, 3.63) is 24.0 Å². The molecule has 0 amide bonds. The van der Waals surface area contributed by atoms with Crippen molar-refractivity contribution in [2.45, 2.75) is 17.1 Å². The second-order valence-corrected chi connectivity index (χ2v) is 8.02. The number of hydrogen-bond acceptors (Lipinski definition) is 5. The molecule has 5 nitrogen and oxygen atoms in total. The normalized spacial score (nSPS) is 22.1. The second kappa shape index (κ2) is 3.58. The number of nitrogens with zero attached hydrogens (tertiary/aromatic N) is 2. The molecule has 1 aliphatic rings. The first-order valence-corrected chi connectivity index (χ1v) is 8.36. The first kappa shape index (κ1) is 11.3. The van der Waals surface area contributed by atoms with E-state index in [4.69, 9.17) is 16.3 Å². The fourth-order valence-electron chi connectivity index (χ4n) is 1.80. The van der Waals surface area contributed by atoms with E-state index < -0.39 is 8.68 Å². The maximum Gasteiger partial charge on any atom is 0.144 e. The number of hydrogen-bond donors (Lipinski definition) is 2. The van der Waals surface area contributed by atoms with Crippen LogP contribution >= 0.6 is 11.9 Å². The lowest BCUT2D eigenvalue weighted by Crippen LogP contribution is -2.11. The molecule has 0 saturated heterocycles. The van der Waals surface area contributed by atoms with E-state index in [1.54, 1.807) is 30.1 Å². The minimum Gasteiger partial charge on any atom is -0.265 e. The molecule has 0 saturated carbocycles. The lowest BCUT2D eigenvalue weighted by Gasteiger charge is -2.03. The molecule has 2 unspecified atom stereocenters. The van der Waals surface area contributed by atoms with Gasteiger partial charge in [0.1, 0.15) is 14.5 Å². The molecule has 1 aromatic carbocycles. The molecule has 3 rings (SSSR count). The molecule has 0 radical (unpaired) electrons. The van der Waals surface area contributed by atoms with Gasteiger partial charge in [-0.25, -0.2) is 19.0 Å². The van der Waals surface area contributed by atoms with Gasteiger partial charge in [0.25, 0.3) is 0 Å². The molecule has 0 fully saturated rings. The fraction of sp³-hybridized carbons (Fsp3) is 0.222. The number of rotatable bonds is 1. The lowest BCUT2D eigenvalue weighted by atomic mass is 10.3. The van der Waals surface area contributed by atoms with Gasteiger partial charge in [-0.1, -0.05) is 0 Å². The Balaban J connectivity index is 2.30. The summed E-state index contributed by atoms with van der Waals surface area (Å²) in [6.07, 6.45) is 0. The summed E-state index contributed by atoms with van der Waals surface area (Å²) in [6, 6.07) is 5.22. The van der Waals surface area contributed by atoms with Crippen LogP contribution in [0.4, 0.5) is 0 Å². The highest BCUT2D eigenvalue weighted by molar-refractivity contribution is 8.31. The fourth-order valence-corrected chi connectivity index (χ4v) is 3.37. The molecule has 2 atom stereocenters. The van der Waals surface area contributed by atoms with Crippen LogP contribution in [0, 0.1) is 0 Å². The zero-order chi connectivity index (χ0) is 12.2. The van der Waals surface area contributed by atoms with Gasteiger partial charge in [-0.15, -0.1) is 0 Å². The predicted octanol–water partition coefficient (Wildman–Crippen LogP) is 1.28. The Morgan fingerprint density at radius 2 is 2.41 bits per heavy atom. The van der Waals surface area contributed by atoms with Crippen LogP contribution in [0.1, 0.15) is 18.0 Å². The van der Waals surface area contributed by atoms with Gasteiger partial charge in [-0.2, -0.15) is 0 Å². The van der Waals surface area contributed by atoms with Crippen molar-refractivity contribution in [2.75, 3.05) is 4.83 Å². The van der Waals surface area contributed by atoms with Crippen molar-refractivity contribution in [2.24, 2.45) is 5.14 Å². The van der Waals surface area contributed by atoms with Crippen molar-refractivity contribution in [1.29, 1.82) is 0 Å². The summed E-state index contributed by atoms with van der Waals surface area (Å²) in [5.41, 5.74) is 1.71. The summed E-state index contributed by atoms with van der Waals surface area (Å²) in [7, 11) is -2.85. The molecule has 17 heavy (non-hydrogen) atoms. The van der Waals surface area contributed by atoms with Gasteiger partial charge in [-0.05, 0) is 37.1 Å². The molecular weight excluding hydrogens is 276 g/mol. The average Bonchev–Trinajstić information content (AvgIpc) is 2.77. The number of nitrogens with two attached hydrogens (primary N) is 1. The van der Waals surface area contributed by atoms with Gasteiger partial charge in [0.2, 0.25) is 0 Å². The van der Waals surface area contributed by atoms with E-state index in [0.717, 1.165) is 16.9 Å². The van der Waals surface area contributed by atoms with Gasteiger partial charge < -0.3 is 0 Å². The van der Waals surface area contributed by atoms with Crippen LogP contribution in [0.25, 0.3) is 11.0 Å². The molecule has 8 heteroatoms. The number of imidazole rings is 1. The maximum absolute atomic E-state index is 11.7. The third kappa shape index (κ3) is 1.71. The second-order valence-electron chi connectivity index (χ2n) is 3.85. The zero-order valence-electron chi connectivity index (χ0n) is 8.91. The molecule has 0 spiro atoms. The Labute approximate surface area is 108 Å². The Kier molecular flexibility index (Phi) is 2.37. The van der Waals surface area contributed by atoms with E-state index in [9.17, 15) is 4.21 Å². The third-order valence-corrected chi connectivity index (χ3v) is 5.01. The van der Waals surface area contributed by atoms with Crippen LogP contribution < -0.4 is 9.97 Å². The molecule has 2 heterocycles. The summed E-state index contributed by atoms with van der Waals surface area (Å²) in [4.78, 5) is 8.13. The van der Waals surface area contributed by atoms with E-state index in [0.29, 0.717) is 4.90 Å². The van der Waals surface area contributed by atoms with Gasteiger partial charge in [0, 0.05) is 11.2 Å². The van der Waals surface area contributed by atoms with E-state index in [1.165, 1.54) is 0 Å². The van der Waals surface area contributed by atoms with E-state index in [1.807, 2.05) is 4.68 Å². The van der Waals surface area contributed by atoms with Crippen molar-refractivity contribution in [3.8, 4) is 0 Å². The Morgan fingerprint density at radius 3 is 3.12 bits per heavy atom. The number of nitrogens with one attached hydrogen (secondary N) is 1. The minimum atomic E-state index is -2.85. The van der Waals surface area contributed by atoms with Crippen molar-refractivity contribution in [3.63, 3.8) is 0 Å². The quantitative estimate of drug-likeness (QED) is 0.773. The Morgan fingerprint density at radius 1 is 1.65 bits per heavy atom. The van der Waals surface area contributed by atoms with Crippen molar-refractivity contribution < 1.29 is 4.21 Å². The molecule has 1 aromatic heterocycles. The molecule has 0 aliphatic carbocycles. The summed E-state index contributed by atoms with van der Waals surface area (Å²) in [6.45, 7) is 2.07. The summed E-state index contributed by atoms with van der Waals surface area (Å²) < 4.78 is 13.5. The van der Waals surface area contributed by atoms with Crippen LogP contribution in [0.3, 0.4) is 0 Å². The highest BCUT2D eigenvalue weighted by atomic mass is 32.8. The molecule has 1 aliphatic heterocycles. The van der Waals surface area contributed by atoms with Crippen LogP contribution in [-0.4, -0.2) is 13.9 Å². The number of benzene rings is 1. The van der Waals surface area contributed by atoms with Gasteiger partial charge in [-0.3, -0.25) is 4.83 Å². The van der Waals surface area contributed by atoms with Crippen LogP contribution in [0.15, 0.2) is 23.1 Å². The third-order valence-electron chi connectivity index (χ3n) is 2.66. The smallest absolute Gasteiger partial charge is 0.144 e. The first-order valence-electron chi connectivity index (χ1n) is 4.94. The highest BCUT2D eigenvalue weighted by Gasteiger charge is 2.24. The summed E-state index contributed by atoms with van der Waals surface area (Å²) in [5, 5.41) is 5.76. The van der Waals surface area contributed by atoms with Gasteiger partial charge in [0.15, 0.2) is 0 Å². The Bertz CT molecular complexity index is 706. The van der Waals surface area contributed by atoms with E-state index in [2.05, 4.69) is 16.7 Å². The van der Waals surface area contributed by atoms with E-state index in [-0.39, 0.29) is 5.25 Å². The standard InChI is InChI=1S/C9H10N4OS3/c1-5-9-11-7-3-2-6(17(10,14)15)4-8(7)13(9)12-16-5/h2-5,12H,1H3,(H2,10,14,15). The average molecular weight is 286 g/mol. The van der Waals surface area contributed by atoms with Gasteiger partial charge >= 0.3 is 0 Å². The topological polar surface area (TPSA) is 72.9 Å². The highest BCUT2D eigenvalue weighted by Crippen LogP contribution is 2.35. The lowest BCUT2D eigenvalue weighted by molar-refractivity contribution is 0.683. The summed E-state index contributed by atoms with van der Waals surface area (Å²) in [5.74, 6) is 0.954. The molecular formula is C9H10N4OS3. The zero-order valence-corrected chi connectivity index (χ0v) is 11.4. The molecule has 3 N–H and O–H groups in total. The largest absolute Gasteiger partial charge is 0.265 e. The monoisotopic (exact) mass is 286 g/mol. The van der Waals surface area contributed by atoms with Gasteiger partial charge in [0.05, 0.1) is 21.2 Å². The van der Waals surface area contributed by atoms with Crippen molar-refractivity contribution >= 4 is 42.8 Å². The Hall–Kier alpha value is -0.830. The number of aromatic nitrogens is 2. The summed E-state index contributed by atoms with van der Waals surface area (Å²) >= 11 is 6.37. The number of fused-ring (bicyclic) bond motifs is 3. The molecule has 90 valence electrons. The first-order chi connectivity index (χ1) is 7.97. The predicted molar refractivity (Wildman–Crippen MR) is 73.1 cm³/mol. The van der Waals surface area contributed by atoms with Crippen molar-refractivity contribution in [1.82, 2.24) is 9.66 Å². The SMILES string of the molecule is CC1SNn2c1nc1ccc(S(N)(=O)=S)cc12. The molecule has 0 bridgehead atoms. The molecule has 2 aromatic rings.